The summed E-state index contributed by atoms with van der Waals surface area (Å²) in [4.78, 5) is 21.5. The average molecular weight is 386 g/mol. The molecule has 0 aliphatic carbocycles. The Hall–Kier alpha value is -2.86. The lowest BCUT2D eigenvalue weighted by Gasteiger charge is -2.13. The molecule has 0 unspecified atom stereocenters. The van der Waals surface area contributed by atoms with E-state index in [1.54, 1.807) is 32.2 Å². The predicted molar refractivity (Wildman–Crippen MR) is 106 cm³/mol. The summed E-state index contributed by atoms with van der Waals surface area (Å²) >= 11 is 6.19. The van der Waals surface area contributed by atoms with Gasteiger partial charge < -0.3 is 14.8 Å². The lowest BCUT2D eigenvalue weighted by molar-refractivity contribution is 0.0521. The second-order valence-corrected chi connectivity index (χ2v) is 6.45. The lowest BCUT2D eigenvalue weighted by Crippen LogP contribution is -2.12. The molecule has 3 rings (SSSR count). The Bertz CT molecular complexity index is 1020. The zero-order valence-electron chi connectivity index (χ0n) is 15.6. The second kappa shape index (κ2) is 7.80. The SMILES string of the molecule is CCOC(=O)c1nc2cc(C)c(C)cc2nc1Nc1ccc(OC)c(Cl)c1. The van der Waals surface area contributed by atoms with Crippen LogP contribution in [0.1, 0.15) is 28.5 Å². The molecule has 1 heterocycles. The topological polar surface area (TPSA) is 73.3 Å². The summed E-state index contributed by atoms with van der Waals surface area (Å²) in [5.41, 5.74) is 4.28. The maximum atomic E-state index is 12.4. The van der Waals surface area contributed by atoms with Gasteiger partial charge in [0, 0.05) is 5.69 Å². The molecule has 0 spiro atoms. The minimum Gasteiger partial charge on any atom is -0.495 e. The number of rotatable bonds is 5. The van der Waals surface area contributed by atoms with Gasteiger partial charge in [-0.2, -0.15) is 0 Å². The van der Waals surface area contributed by atoms with Crippen molar-refractivity contribution in [2.24, 2.45) is 0 Å². The minimum atomic E-state index is -0.535. The van der Waals surface area contributed by atoms with Gasteiger partial charge in [0.1, 0.15) is 5.75 Å². The van der Waals surface area contributed by atoms with Gasteiger partial charge in [-0.05, 0) is 62.2 Å². The first-order chi connectivity index (χ1) is 12.9. The fraction of sp³-hybridized carbons (Fsp3) is 0.250. The molecule has 0 saturated carbocycles. The zero-order valence-corrected chi connectivity index (χ0v) is 16.3. The molecule has 0 radical (unpaired) electrons. The number of halogens is 1. The van der Waals surface area contributed by atoms with Gasteiger partial charge in [0.15, 0.2) is 11.5 Å². The predicted octanol–water partition coefficient (Wildman–Crippen LogP) is 4.83. The van der Waals surface area contributed by atoms with Crippen LogP contribution < -0.4 is 10.1 Å². The maximum absolute atomic E-state index is 12.4. The van der Waals surface area contributed by atoms with Crippen LogP contribution in [0.3, 0.4) is 0 Å². The molecule has 0 saturated heterocycles. The first-order valence-electron chi connectivity index (χ1n) is 8.49. The number of nitrogens with one attached hydrogen (secondary N) is 1. The first kappa shape index (κ1) is 18.9. The van der Waals surface area contributed by atoms with Gasteiger partial charge >= 0.3 is 5.97 Å². The quantitative estimate of drug-likeness (QED) is 0.634. The molecular weight excluding hydrogens is 366 g/mol. The van der Waals surface area contributed by atoms with Crippen LogP contribution in [0.15, 0.2) is 30.3 Å². The molecule has 3 aromatic rings. The number of ether oxygens (including phenoxy) is 2. The molecule has 27 heavy (non-hydrogen) atoms. The Morgan fingerprint density at radius 3 is 2.37 bits per heavy atom. The van der Waals surface area contributed by atoms with Gasteiger partial charge in [-0.15, -0.1) is 0 Å². The van der Waals surface area contributed by atoms with E-state index in [9.17, 15) is 4.79 Å². The maximum Gasteiger partial charge on any atom is 0.360 e. The van der Waals surface area contributed by atoms with Crippen LogP contribution in [0, 0.1) is 13.8 Å². The molecule has 0 aliphatic rings. The van der Waals surface area contributed by atoms with Crippen molar-refractivity contribution in [1.82, 2.24) is 9.97 Å². The Balaban J connectivity index is 2.10. The molecule has 1 aromatic heterocycles. The highest BCUT2D eigenvalue weighted by molar-refractivity contribution is 6.32. The number of benzene rings is 2. The Morgan fingerprint density at radius 1 is 1.11 bits per heavy atom. The molecule has 0 atom stereocenters. The summed E-state index contributed by atoms with van der Waals surface area (Å²) < 4.78 is 10.3. The smallest absolute Gasteiger partial charge is 0.360 e. The first-order valence-corrected chi connectivity index (χ1v) is 8.87. The van der Waals surface area contributed by atoms with Crippen LogP contribution in [0.4, 0.5) is 11.5 Å². The van der Waals surface area contributed by atoms with Crippen molar-refractivity contribution < 1.29 is 14.3 Å². The van der Waals surface area contributed by atoms with Crippen molar-refractivity contribution in [2.45, 2.75) is 20.8 Å². The van der Waals surface area contributed by atoms with Gasteiger partial charge in [-0.3, -0.25) is 0 Å². The van der Waals surface area contributed by atoms with Crippen molar-refractivity contribution in [2.75, 3.05) is 19.0 Å². The highest BCUT2D eigenvalue weighted by Crippen LogP contribution is 2.30. The van der Waals surface area contributed by atoms with Crippen LogP contribution in [-0.2, 0) is 4.74 Å². The van der Waals surface area contributed by atoms with Crippen molar-refractivity contribution >= 4 is 40.1 Å². The highest BCUT2D eigenvalue weighted by atomic mass is 35.5. The Labute approximate surface area is 162 Å². The molecule has 0 bridgehead atoms. The van der Waals surface area contributed by atoms with Crippen molar-refractivity contribution in [1.29, 1.82) is 0 Å². The number of esters is 1. The number of fused-ring (bicyclic) bond motifs is 1. The minimum absolute atomic E-state index is 0.125. The summed E-state index contributed by atoms with van der Waals surface area (Å²) in [5, 5.41) is 3.56. The Morgan fingerprint density at radius 2 is 1.78 bits per heavy atom. The summed E-state index contributed by atoms with van der Waals surface area (Å²) in [5.74, 6) is 0.334. The van der Waals surface area contributed by atoms with Crippen LogP contribution in [0.2, 0.25) is 5.02 Å². The molecule has 0 fully saturated rings. The van der Waals surface area contributed by atoms with E-state index < -0.39 is 5.97 Å². The largest absolute Gasteiger partial charge is 0.495 e. The van der Waals surface area contributed by atoms with Gasteiger partial charge in [0.25, 0.3) is 0 Å². The van der Waals surface area contributed by atoms with Gasteiger partial charge in [0.2, 0.25) is 0 Å². The number of methoxy groups -OCH3 is 1. The van der Waals surface area contributed by atoms with Crippen molar-refractivity contribution in [3.8, 4) is 5.75 Å². The monoisotopic (exact) mass is 385 g/mol. The Kier molecular flexibility index (Phi) is 5.46. The van der Waals surface area contributed by atoms with Crippen LogP contribution in [0.5, 0.6) is 5.75 Å². The van der Waals surface area contributed by atoms with E-state index in [0.29, 0.717) is 33.3 Å². The molecule has 2 aromatic carbocycles. The number of hydrogen-bond acceptors (Lipinski definition) is 6. The van der Waals surface area contributed by atoms with E-state index in [1.165, 1.54) is 0 Å². The van der Waals surface area contributed by atoms with E-state index in [4.69, 9.17) is 21.1 Å². The van der Waals surface area contributed by atoms with E-state index >= 15 is 0 Å². The molecule has 140 valence electrons. The summed E-state index contributed by atoms with van der Waals surface area (Å²) in [6, 6.07) is 9.07. The van der Waals surface area contributed by atoms with Crippen LogP contribution in [-0.4, -0.2) is 29.7 Å². The van der Waals surface area contributed by atoms with E-state index in [2.05, 4.69) is 15.3 Å². The molecule has 0 aliphatic heterocycles. The molecule has 0 amide bonds. The summed E-state index contributed by atoms with van der Waals surface area (Å²) in [6.07, 6.45) is 0. The van der Waals surface area contributed by atoms with E-state index in [0.717, 1.165) is 11.1 Å². The van der Waals surface area contributed by atoms with Crippen LogP contribution in [0.25, 0.3) is 11.0 Å². The molecule has 1 N–H and O–H groups in total. The number of aromatic nitrogens is 2. The standard InChI is InChI=1S/C20H20ClN3O3/c1-5-27-20(25)18-19(22-13-6-7-17(26-4)14(21)10-13)24-16-9-12(3)11(2)8-15(16)23-18/h6-10H,5H2,1-4H3,(H,22,24). The third kappa shape index (κ3) is 3.95. The number of hydrogen-bond donors (Lipinski definition) is 1. The number of anilines is 2. The van der Waals surface area contributed by atoms with E-state index in [1.807, 2.05) is 26.0 Å². The number of aryl methyl sites for hydroxylation is 2. The third-order valence-electron chi connectivity index (χ3n) is 4.16. The number of nitrogens with zero attached hydrogens (tertiary/aromatic N) is 2. The van der Waals surface area contributed by atoms with Gasteiger partial charge in [-0.1, -0.05) is 11.6 Å². The normalized spacial score (nSPS) is 10.7. The molecule has 7 heteroatoms. The third-order valence-corrected chi connectivity index (χ3v) is 4.46. The zero-order chi connectivity index (χ0) is 19.6. The number of carbonyl (C=O) groups excluding carboxylic acids is 1. The summed E-state index contributed by atoms with van der Waals surface area (Å²) in [6.45, 7) is 5.99. The van der Waals surface area contributed by atoms with E-state index in [-0.39, 0.29) is 12.3 Å². The fourth-order valence-corrected chi connectivity index (χ4v) is 2.88. The van der Waals surface area contributed by atoms with Gasteiger partial charge in [0.05, 0.1) is 29.8 Å². The van der Waals surface area contributed by atoms with Crippen molar-refractivity contribution in [3.05, 3.63) is 52.2 Å². The summed E-state index contributed by atoms with van der Waals surface area (Å²) in [7, 11) is 1.55. The second-order valence-electron chi connectivity index (χ2n) is 6.04. The molecular formula is C20H20ClN3O3. The fourth-order valence-electron chi connectivity index (χ4n) is 2.62. The van der Waals surface area contributed by atoms with Crippen molar-refractivity contribution in [3.63, 3.8) is 0 Å². The number of carbonyl (C=O) groups is 1. The lowest BCUT2D eigenvalue weighted by atomic mass is 10.1. The van der Waals surface area contributed by atoms with Crippen LogP contribution >= 0.6 is 11.6 Å². The molecule has 6 nitrogen and oxygen atoms in total. The highest BCUT2D eigenvalue weighted by Gasteiger charge is 2.19. The average Bonchev–Trinajstić information content (AvgIpc) is 2.63. The van der Waals surface area contributed by atoms with Gasteiger partial charge in [-0.25, -0.2) is 14.8 Å².